The molecule has 1 amide bonds. The first kappa shape index (κ1) is 21.0. The highest BCUT2D eigenvalue weighted by atomic mass is 35.5. The average Bonchev–Trinajstić information content (AvgIpc) is 2.75. The Bertz CT molecular complexity index is 1070. The standard InChI is InChI=1S/C22H21ClFN5O2/c1-14-25-19(13-20(26-14)29-9-11-31-12-10-29)27-15-5-7-16(8-6-15)28-22(30)21-17(23)3-2-4-18(21)24/h2-8,13H,9-12H2,1H3,(H,28,30)(H,25,26,27). The molecule has 0 unspecified atom stereocenters. The van der Waals surface area contributed by atoms with Gasteiger partial charge >= 0.3 is 0 Å². The van der Waals surface area contributed by atoms with Crippen molar-refractivity contribution in [2.45, 2.75) is 6.92 Å². The van der Waals surface area contributed by atoms with Crippen molar-refractivity contribution in [1.82, 2.24) is 9.97 Å². The minimum Gasteiger partial charge on any atom is -0.378 e. The largest absolute Gasteiger partial charge is 0.378 e. The molecule has 2 aromatic carbocycles. The minimum absolute atomic E-state index is 0.0611. The Kier molecular flexibility index (Phi) is 6.29. The Morgan fingerprint density at radius 2 is 1.81 bits per heavy atom. The fourth-order valence-electron chi connectivity index (χ4n) is 3.26. The number of aryl methyl sites for hydroxylation is 1. The van der Waals surface area contributed by atoms with Gasteiger partial charge in [0.25, 0.3) is 5.91 Å². The van der Waals surface area contributed by atoms with Gasteiger partial charge in [-0.05, 0) is 43.3 Å². The van der Waals surface area contributed by atoms with Crippen molar-refractivity contribution >= 4 is 40.5 Å². The lowest BCUT2D eigenvalue weighted by Gasteiger charge is -2.28. The molecule has 0 bridgehead atoms. The van der Waals surface area contributed by atoms with Crippen LogP contribution in [0.4, 0.5) is 27.4 Å². The van der Waals surface area contributed by atoms with Crippen molar-refractivity contribution in [3.63, 3.8) is 0 Å². The van der Waals surface area contributed by atoms with Crippen LogP contribution in [-0.4, -0.2) is 42.2 Å². The Morgan fingerprint density at radius 3 is 2.52 bits per heavy atom. The zero-order chi connectivity index (χ0) is 21.8. The fraction of sp³-hybridized carbons (Fsp3) is 0.227. The van der Waals surface area contributed by atoms with E-state index in [9.17, 15) is 9.18 Å². The van der Waals surface area contributed by atoms with Crippen LogP contribution < -0.4 is 15.5 Å². The SMILES string of the molecule is Cc1nc(Nc2ccc(NC(=O)c3c(F)cccc3Cl)cc2)cc(N2CCOCC2)n1. The molecular weight excluding hydrogens is 421 g/mol. The summed E-state index contributed by atoms with van der Waals surface area (Å²) in [4.78, 5) is 23.5. The van der Waals surface area contributed by atoms with Crippen LogP contribution in [0.2, 0.25) is 5.02 Å². The molecule has 160 valence electrons. The van der Waals surface area contributed by atoms with E-state index in [1.54, 1.807) is 24.3 Å². The molecule has 1 saturated heterocycles. The maximum atomic E-state index is 13.9. The molecule has 4 rings (SSSR count). The van der Waals surface area contributed by atoms with Crippen LogP contribution in [0.25, 0.3) is 0 Å². The third-order valence-corrected chi connectivity index (χ3v) is 5.08. The van der Waals surface area contributed by atoms with E-state index in [1.807, 2.05) is 13.0 Å². The van der Waals surface area contributed by atoms with Crippen molar-refractivity contribution in [2.75, 3.05) is 41.8 Å². The number of nitrogens with one attached hydrogen (secondary N) is 2. The molecule has 0 saturated carbocycles. The van der Waals surface area contributed by atoms with E-state index in [0.29, 0.717) is 30.5 Å². The molecule has 7 nitrogen and oxygen atoms in total. The van der Waals surface area contributed by atoms with Gasteiger partial charge in [0.2, 0.25) is 0 Å². The van der Waals surface area contributed by atoms with Crippen molar-refractivity contribution in [2.24, 2.45) is 0 Å². The normalized spacial score (nSPS) is 13.7. The fourth-order valence-corrected chi connectivity index (χ4v) is 3.51. The number of anilines is 4. The summed E-state index contributed by atoms with van der Waals surface area (Å²) in [6, 6.07) is 13.0. The smallest absolute Gasteiger partial charge is 0.260 e. The molecule has 0 atom stereocenters. The highest BCUT2D eigenvalue weighted by Crippen LogP contribution is 2.24. The number of aromatic nitrogens is 2. The van der Waals surface area contributed by atoms with Crippen molar-refractivity contribution in [3.05, 3.63) is 70.8 Å². The van der Waals surface area contributed by atoms with Crippen LogP contribution in [0.5, 0.6) is 0 Å². The molecule has 1 aromatic heterocycles. The lowest BCUT2D eigenvalue weighted by molar-refractivity contribution is 0.102. The number of rotatable bonds is 5. The van der Waals surface area contributed by atoms with Crippen molar-refractivity contribution in [3.8, 4) is 0 Å². The number of nitrogens with zero attached hydrogens (tertiary/aromatic N) is 3. The van der Waals surface area contributed by atoms with Gasteiger partial charge < -0.3 is 20.3 Å². The molecule has 1 fully saturated rings. The van der Waals surface area contributed by atoms with E-state index in [1.165, 1.54) is 18.2 Å². The van der Waals surface area contributed by atoms with Crippen molar-refractivity contribution in [1.29, 1.82) is 0 Å². The molecule has 9 heteroatoms. The van der Waals surface area contributed by atoms with Gasteiger partial charge in [-0.25, -0.2) is 14.4 Å². The predicted octanol–water partition coefficient (Wildman–Crippen LogP) is 4.41. The topological polar surface area (TPSA) is 79.4 Å². The molecule has 0 spiro atoms. The highest BCUT2D eigenvalue weighted by molar-refractivity contribution is 6.34. The first-order chi connectivity index (χ1) is 15.0. The van der Waals surface area contributed by atoms with Gasteiger partial charge in [0, 0.05) is 30.5 Å². The number of morpholine rings is 1. The minimum atomic E-state index is -0.668. The second kappa shape index (κ2) is 9.28. The van der Waals surface area contributed by atoms with Gasteiger partial charge in [-0.15, -0.1) is 0 Å². The van der Waals surface area contributed by atoms with Gasteiger partial charge in [0.05, 0.1) is 23.8 Å². The van der Waals surface area contributed by atoms with Crippen LogP contribution >= 0.6 is 11.6 Å². The summed E-state index contributed by atoms with van der Waals surface area (Å²) in [5.74, 6) is 0.911. The molecule has 0 radical (unpaired) electrons. The molecular formula is C22H21ClFN5O2. The maximum Gasteiger partial charge on any atom is 0.260 e. The summed E-state index contributed by atoms with van der Waals surface area (Å²) >= 11 is 5.95. The molecule has 2 N–H and O–H groups in total. The van der Waals surface area contributed by atoms with Gasteiger partial charge in [-0.1, -0.05) is 17.7 Å². The summed E-state index contributed by atoms with van der Waals surface area (Å²) in [5.41, 5.74) is 1.12. The lowest BCUT2D eigenvalue weighted by atomic mass is 10.2. The van der Waals surface area contributed by atoms with Gasteiger partial charge in [0.15, 0.2) is 0 Å². The molecule has 1 aliphatic rings. The lowest BCUT2D eigenvalue weighted by Crippen LogP contribution is -2.36. The number of carbonyl (C=O) groups is 1. The number of hydrogen-bond acceptors (Lipinski definition) is 6. The van der Waals surface area contributed by atoms with E-state index in [-0.39, 0.29) is 10.6 Å². The van der Waals surface area contributed by atoms with E-state index in [0.717, 1.165) is 24.6 Å². The number of carbonyl (C=O) groups excluding carboxylic acids is 1. The second-order valence-electron chi connectivity index (χ2n) is 7.01. The van der Waals surface area contributed by atoms with Crippen LogP contribution in [0.15, 0.2) is 48.5 Å². The average molecular weight is 442 g/mol. The van der Waals surface area contributed by atoms with Crippen molar-refractivity contribution < 1.29 is 13.9 Å². The summed E-state index contributed by atoms with van der Waals surface area (Å²) in [5, 5.41) is 5.97. The van der Waals surface area contributed by atoms with Gasteiger partial charge in [0.1, 0.15) is 23.3 Å². The predicted molar refractivity (Wildman–Crippen MR) is 119 cm³/mol. The molecule has 3 aromatic rings. The summed E-state index contributed by atoms with van der Waals surface area (Å²) in [6.45, 7) is 4.78. The van der Waals surface area contributed by atoms with Crippen LogP contribution in [0.3, 0.4) is 0 Å². The monoisotopic (exact) mass is 441 g/mol. The Morgan fingerprint density at radius 1 is 1.10 bits per heavy atom. The Labute approximate surface area is 184 Å². The number of ether oxygens (including phenoxy) is 1. The van der Waals surface area contributed by atoms with Gasteiger partial charge in [-0.3, -0.25) is 4.79 Å². The zero-order valence-electron chi connectivity index (χ0n) is 16.9. The number of benzene rings is 2. The molecule has 1 aliphatic heterocycles. The first-order valence-electron chi connectivity index (χ1n) is 9.80. The van der Waals surface area contributed by atoms with Crippen LogP contribution in [0.1, 0.15) is 16.2 Å². The number of hydrogen-bond donors (Lipinski definition) is 2. The van der Waals surface area contributed by atoms with E-state index in [4.69, 9.17) is 16.3 Å². The molecule has 31 heavy (non-hydrogen) atoms. The number of halogens is 2. The highest BCUT2D eigenvalue weighted by Gasteiger charge is 2.16. The summed E-state index contributed by atoms with van der Waals surface area (Å²) in [6.07, 6.45) is 0. The third-order valence-electron chi connectivity index (χ3n) is 4.76. The zero-order valence-corrected chi connectivity index (χ0v) is 17.6. The second-order valence-corrected chi connectivity index (χ2v) is 7.42. The van der Waals surface area contributed by atoms with E-state index in [2.05, 4.69) is 25.5 Å². The molecule has 0 aliphatic carbocycles. The molecule has 2 heterocycles. The van der Waals surface area contributed by atoms with E-state index >= 15 is 0 Å². The Balaban J connectivity index is 1.45. The van der Waals surface area contributed by atoms with Crippen LogP contribution in [0, 0.1) is 12.7 Å². The van der Waals surface area contributed by atoms with Crippen LogP contribution in [-0.2, 0) is 4.74 Å². The summed E-state index contributed by atoms with van der Waals surface area (Å²) in [7, 11) is 0. The third kappa shape index (κ3) is 5.10. The maximum absolute atomic E-state index is 13.9. The summed E-state index contributed by atoms with van der Waals surface area (Å²) < 4.78 is 19.3. The quantitative estimate of drug-likeness (QED) is 0.610. The number of amides is 1. The van der Waals surface area contributed by atoms with Gasteiger partial charge in [-0.2, -0.15) is 0 Å². The first-order valence-corrected chi connectivity index (χ1v) is 10.2. The van der Waals surface area contributed by atoms with E-state index < -0.39 is 11.7 Å². The Hall–Kier alpha value is -3.23.